The number of rotatable bonds is 4. The van der Waals surface area contributed by atoms with Gasteiger partial charge in [-0.2, -0.15) is 13.2 Å². The molecule has 0 bridgehead atoms. The Kier molecular flexibility index (Phi) is 6.91. The zero-order chi connectivity index (χ0) is 16.3. The van der Waals surface area contributed by atoms with Gasteiger partial charge in [0.1, 0.15) is 5.69 Å². The zero-order valence-electron chi connectivity index (χ0n) is 12.1. The molecule has 2 rings (SSSR count). The summed E-state index contributed by atoms with van der Waals surface area (Å²) in [5.41, 5.74) is -1.30. The highest BCUT2D eigenvalue weighted by molar-refractivity contribution is 6.18. The van der Waals surface area contributed by atoms with Gasteiger partial charge in [0, 0.05) is 44.7 Å². The summed E-state index contributed by atoms with van der Waals surface area (Å²) in [4.78, 5) is 14.2. The number of nitro groups is 1. The summed E-state index contributed by atoms with van der Waals surface area (Å²) in [5, 5.41) is 11.1. The molecule has 1 aliphatic heterocycles. The molecule has 1 aromatic rings. The average molecular weight is 374 g/mol. The third-order valence-electron chi connectivity index (χ3n) is 3.61. The molecule has 0 N–H and O–H groups in total. The number of nitro benzene ring substituents is 1. The molecule has 5 nitrogen and oxygen atoms in total. The van der Waals surface area contributed by atoms with Crippen LogP contribution in [0.3, 0.4) is 0 Å². The van der Waals surface area contributed by atoms with Crippen molar-refractivity contribution in [3.05, 3.63) is 33.9 Å². The zero-order valence-corrected chi connectivity index (χ0v) is 13.6. The fraction of sp³-hybridized carbons (Fsp3) is 0.538. The van der Waals surface area contributed by atoms with Gasteiger partial charge >= 0.3 is 6.18 Å². The van der Waals surface area contributed by atoms with Crippen molar-refractivity contribution in [1.82, 2.24) is 4.90 Å². The minimum Gasteiger partial charge on any atom is -0.363 e. The van der Waals surface area contributed by atoms with Crippen LogP contribution >= 0.6 is 24.0 Å². The number of piperazine rings is 1. The van der Waals surface area contributed by atoms with Gasteiger partial charge in [-0.15, -0.1) is 24.0 Å². The maximum Gasteiger partial charge on any atom is 0.416 e. The van der Waals surface area contributed by atoms with Gasteiger partial charge in [-0.3, -0.25) is 15.0 Å². The molecule has 130 valence electrons. The van der Waals surface area contributed by atoms with Crippen molar-refractivity contribution in [1.29, 1.82) is 0 Å². The van der Waals surface area contributed by atoms with Crippen LogP contribution in [0, 0.1) is 10.1 Å². The molecule has 1 fully saturated rings. The molecule has 0 radical (unpaired) electrons. The van der Waals surface area contributed by atoms with Crippen LogP contribution in [0.1, 0.15) is 5.56 Å². The highest BCUT2D eigenvalue weighted by Crippen LogP contribution is 2.36. The Morgan fingerprint density at radius 2 is 1.83 bits per heavy atom. The second-order valence-electron chi connectivity index (χ2n) is 4.98. The molecule has 10 heteroatoms. The van der Waals surface area contributed by atoms with E-state index in [2.05, 4.69) is 4.90 Å². The van der Waals surface area contributed by atoms with Crippen molar-refractivity contribution >= 4 is 35.4 Å². The maximum atomic E-state index is 12.7. The number of nitrogens with zero attached hydrogens (tertiary/aromatic N) is 3. The summed E-state index contributed by atoms with van der Waals surface area (Å²) in [6.45, 7) is 3.10. The summed E-state index contributed by atoms with van der Waals surface area (Å²) >= 11 is 5.66. The fourth-order valence-corrected chi connectivity index (χ4v) is 2.68. The summed E-state index contributed by atoms with van der Waals surface area (Å²) in [7, 11) is 0. The molecule has 1 aromatic carbocycles. The number of halogens is 5. The van der Waals surface area contributed by atoms with E-state index in [-0.39, 0.29) is 18.1 Å². The van der Waals surface area contributed by atoms with Gasteiger partial charge in [-0.05, 0) is 12.1 Å². The standard InChI is InChI=1S/C13H15ClF3N3O2.ClH/c14-3-4-18-5-7-19(8-6-18)11-2-1-10(13(15,16)17)9-12(11)20(21)22;/h1-2,9H,3-8H2;1H. The van der Waals surface area contributed by atoms with E-state index in [1.54, 1.807) is 4.90 Å². The molecule has 0 amide bonds. The second kappa shape index (κ2) is 8.03. The first-order valence-electron chi connectivity index (χ1n) is 6.72. The van der Waals surface area contributed by atoms with Gasteiger partial charge in [0.25, 0.3) is 5.69 Å². The Hall–Kier alpha value is -1.25. The van der Waals surface area contributed by atoms with Crippen LogP contribution in [-0.4, -0.2) is 48.4 Å². The van der Waals surface area contributed by atoms with Crippen LogP contribution in [0.5, 0.6) is 0 Å². The van der Waals surface area contributed by atoms with Crippen LogP contribution in [0.25, 0.3) is 0 Å². The fourth-order valence-electron chi connectivity index (χ4n) is 2.45. The Labute approximate surface area is 142 Å². The van der Waals surface area contributed by atoms with Gasteiger partial charge in [-0.25, -0.2) is 0 Å². The molecule has 0 aromatic heterocycles. The third-order valence-corrected chi connectivity index (χ3v) is 3.78. The van der Waals surface area contributed by atoms with Crippen LogP contribution in [0.2, 0.25) is 0 Å². The molecule has 23 heavy (non-hydrogen) atoms. The van der Waals surface area contributed by atoms with E-state index in [0.717, 1.165) is 12.6 Å². The number of hydrogen-bond donors (Lipinski definition) is 0. The molecule has 1 saturated heterocycles. The molecule has 0 spiro atoms. The molecule has 0 saturated carbocycles. The number of anilines is 1. The summed E-state index contributed by atoms with van der Waals surface area (Å²) in [6.07, 6.45) is -4.59. The average Bonchev–Trinajstić information content (AvgIpc) is 2.47. The predicted molar refractivity (Wildman–Crippen MR) is 84.7 cm³/mol. The predicted octanol–water partition coefficient (Wildman–Crippen LogP) is 3.40. The quantitative estimate of drug-likeness (QED) is 0.461. The van der Waals surface area contributed by atoms with E-state index < -0.39 is 22.4 Å². The van der Waals surface area contributed by atoms with Crippen molar-refractivity contribution in [2.75, 3.05) is 43.5 Å². The van der Waals surface area contributed by atoms with E-state index in [1.807, 2.05) is 0 Å². The van der Waals surface area contributed by atoms with Crippen LogP contribution in [-0.2, 0) is 6.18 Å². The third kappa shape index (κ3) is 4.86. The highest BCUT2D eigenvalue weighted by atomic mass is 35.5. The van der Waals surface area contributed by atoms with Crippen molar-refractivity contribution in [2.45, 2.75) is 6.18 Å². The van der Waals surface area contributed by atoms with Gasteiger partial charge in [0.15, 0.2) is 0 Å². The summed E-state index contributed by atoms with van der Waals surface area (Å²) in [5.74, 6) is 0.500. The first-order chi connectivity index (χ1) is 10.3. The highest BCUT2D eigenvalue weighted by Gasteiger charge is 2.34. The van der Waals surface area contributed by atoms with Gasteiger partial charge in [0.2, 0.25) is 0 Å². The molecule has 0 unspecified atom stereocenters. The molecular formula is C13H16Cl2F3N3O2. The SMILES string of the molecule is Cl.O=[N+]([O-])c1cc(C(F)(F)F)ccc1N1CCN(CCCl)CC1. The Balaban J connectivity index is 0.00000264. The van der Waals surface area contributed by atoms with Gasteiger partial charge in [0.05, 0.1) is 10.5 Å². The Morgan fingerprint density at radius 3 is 2.30 bits per heavy atom. The smallest absolute Gasteiger partial charge is 0.363 e. The Morgan fingerprint density at radius 1 is 1.22 bits per heavy atom. The lowest BCUT2D eigenvalue weighted by Gasteiger charge is -2.35. The normalized spacial score (nSPS) is 16.1. The van der Waals surface area contributed by atoms with E-state index >= 15 is 0 Å². The second-order valence-corrected chi connectivity index (χ2v) is 5.35. The first kappa shape index (κ1) is 19.8. The van der Waals surface area contributed by atoms with Crippen LogP contribution in [0.15, 0.2) is 18.2 Å². The largest absolute Gasteiger partial charge is 0.416 e. The van der Waals surface area contributed by atoms with Gasteiger partial charge < -0.3 is 4.90 Å². The molecular weight excluding hydrogens is 358 g/mol. The summed E-state index contributed by atoms with van der Waals surface area (Å²) in [6, 6.07) is 2.66. The molecule has 0 aliphatic carbocycles. The lowest BCUT2D eigenvalue weighted by molar-refractivity contribution is -0.384. The maximum absolute atomic E-state index is 12.7. The lowest BCUT2D eigenvalue weighted by atomic mass is 10.1. The minimum absolute atomic E-state index is 0. The lowest BCUT2D eigenvalue weighted by Crippen LogP contribution is -2.47. The van der Waals surface area contributed by atoms with Gasteiger partial charge in [-0.1, -0.05) is 0 Å². The number of alkyl halides is 4. The van der Waals surface area contributed by atoms with Crippen LogP contribution in [0.4, 0.5) is 24.5 Å². The first-order valence-corrected chi connectivity index (χ1v) is 7.25. The monoisotopic (exact) mass is 373 g/mol. The topological polar surface area (TPSA) is 49.6 Å². The summed E-state index contributed by atoms with van der Waals surface area (Å²) < 4.78 is 38.1. The molecule has 0 atom stereocenters. The van der Waals surface area contributed by atoms with Crippen molar-refractivity contribution in [2.24, 2.45) is 0 Å². The number of hydrogen-bond acceptors (Lipinski definition) is 4. The van der Waals surface area contributed by atoms with Crippen molar-refractivity contribution in [3.8, 4) is 0 Å². The molecule has 1 heterocycles. The van der Waals surface area contributed by atoms with Crippen molar-refractivity contribution < 1.29 is 18.1 Å². The molecule has 1 aliphatic rings. The van der Waals surface area contributed by atoms with E-state index in [1.165, 1.54) is 6.07 Å². The van der Waals surface area contributed by atoms with E-state index in [9.17, 15) is 23.3 Å². The van der Waals surface area contributed by atoms with Crippen LogP contribution < -0.4 is 4.90 Å². The minimum atomic E-state index is -4.59. The number of benzene rings is 1. The van der Waals surface area contributed by atoms with E-state index in [0.29, 0.717) is 38.1 Å². The Bertz CT molecular complexity index is 550. The van der Waals surface area contributed by atoms with E-state index in [4.69, 9.17) is 11.6 Å². The van der Waals surface area contributed by atoms with Crippen molar-refractivity contribution in [3.63, 3.8) is 0 Å².